The quantitative estimate of drug-likeness (QED) is 0.833. The standard InChI is InChI=1S/C16H18FN3S/c1-10-9-14(15(16(18)21)11(2)20-10)19-8-7-12-5-3-4-6-13(12)17/h3-6,9H,7-8H2,1-2H3,(H2,18,21)(H,19,20). The second kappa shape index (κ2) is 6.63. The van der Waals surface area contributed by atoms with Gasteiger partial charge in [-0.2, -0.15) is 0 Å². The van der Waals surface area contributed by atoms with E-state index in [2.05, 4.69) is 10.3 Å². The topological polar surface area (TPSA) is 50.9 Å². The maximum absolute atomic E-state index is 13.6. The number of nitrogens with zero attached hydrogens (tertiary/aromatic N) is 1. The van der Waals surface area contributed by atoms with E-state index < -0.39 is 0 Å². The van der Waals surface area contributed by atoms with Crippen LogP contribution in [0, 0.1) is 19.7 Å². The Balaban J connectivity index is 2.13. The summed E-state index contributed by atoms with van der Waals surface area (Å²) in [7, 11) is 0. The Hall–Kier alpha value is -2.01. The van der Waals surface area contributed by atoms with Gasteiger partial charge in [-0.25, -0.2) is 4.39 Å². The number of hydrogen-bond donors (Lipinski definition) is 2. The maximum Gasteiger partial charge on any atom is 0.126 e. The van der Waals surface area contributed by atoms with Crippen molar-refractivity contribution in [3.8, 4) is 0 Å². The third-order valence-corrected chi connectivity index (χ3v) is 3.45. The summed E-state index contributed by atoms with van der Waals surface area (Å²) in [6.07, 6.45) is 0.587. The van der Waals surface area contributed by atoms with E-state index >= 15 is 0 Å². The molecule has 21 heavy (non-hydrogen) atoms. The first kappa shape index (κ1) is 15.4. The Morgan fingerprint density at radius 1 is 1.33 bits per heavy atom. The molecule has 110 valence electrons. The number of aryl methyl sites for hydroxylation is 2. The number of rotatable bonds is 5. The van der Waals surface area contributed by atoms with Gasteiger partial charge in [-0.15, -0.1) is 0 Å². The van der Waals surface area contributed by atoms with Gasteiger partial charge < -0.3 is 11.1 Å². The highest BCUT2D eigenvalue weighted by Crippen LogP contribution is 2.20. The molecule has 3 nitrogen and oxygen atoms in total. The first-order chi connectivity index (χ1) is 9.99. The van der Waals surface area contributed by atoms with Crippen LogP contribution in [-0.4, -0.2) is 16.5 Å². The van der Waals surface area contributed by atoms with Crippen molar-refractivity contribution in [2.75, 3.05) is 11.9 Å². The van der Waals surface area contributed by atoms with E-state index in [1.165, 1.54) is 6.07 Å². The average Bonchev–Trinajstić information content (AvgIpc) is 2.39. The lowest BCUT2D eigenvalue weighted by Crippen LogP contribution is -2.17. The van der Waals surface area contributed by atoms with Gasteiger partial charge in [0.05, 0.1) is 5.56 Å². The molecule has 1 heterocycles. The van der Waals surface area contributed by atoms with E-state index in [9.17, 15) is 4.39 Å². The van der Waals surface area contributed by atoms with Gasteiger partial charge >= 0.3 is 0 Å². The van der Waals surface area contributed by atoms with Gasteiger partial charge in [0, 0.05) is 23.6 Å². The van der Waals surface area contributed by atoms with Crippen LogP contribution in [0.3, 0.4) is 0 Å². The molecule has 2 rings (SSSR count). The van der Waals surface area contributed by atoms with Crippen molar-refractivity contribution in [1.82, 2.24) is 4.98 Å². The monoisotopic (exact) mass is 303 g/mol. The van der Waals surface area contributed by atoms with E-state index in [1.807, 2.05) is 26.0 Å². The van der Waals surface area contributed by atoms with E-state index in [-0.39, 0.29) is 5.82 Å². The Morgan fingerprint density at radius 2 is 2.05 bits per heavy atom. The van der Waals surface area contributed by atoms with E-state index in [0.29, 0.717) is 23.5 Å². The predicted molar refractivity (Wildman–Crippen MR) is 88.2 cm³/mol. The van der Waals surface area contributed by atoms with Crippen LogP contribution in [0.4, 0.5) is 10.1 Å². The van der Waals surface area contributed by atoms with Crippen molar-refractivity contribution in [2.45, 2.75) is 20.3 Å². The molecule has 0 spiro atoms. The van der Waals surface area contributed by atoms with Crippen LogP contribution in [0.1, 0.15) is 22.5 Å². The number of hydrogen-bond acceptors (Lipinski definition) is 3. The zero-order valence-electron chi connectivity index (χ0n) is 12.1. The molecule has 0 aliphatic carbocycles. The molecule has 0 amide bonds. The summed E-state index contributed by atoms with van der Waals surface area (Å²) in [5, 5.41) is 3.28. The molecule has 0 aliphatic heterocycles. The number of nitrogens with one attached hydrogen (secondary N) is 1. The number of thiocarbonyl (C=S) groups is 1. The highest BCUT2D eigenvalue weighted by Gasteiger charge is 2.11. The fourth-order valence-corrected chi connectivity index (χ4v) is 2.57. The number of nitrogens with two attached hydrogens (primary N) is 1. The van der Waals surface area contributed by atoms with Crippen LogP contribution in [0.2, 0.25) is 0 Å². The van der Waals surface area contributed by atoms with Gasteiger partial charge in [-0.05, 0) is 38.0 Å². The van der Waals surface area contributed by atoms with Gasteiger partial charge in [0.2, 0.25) is 0 Å². The number of halogens is 1. The molecule has 2 aromatic rings. The van der Waals surface area contributed by atoms with Crippen LogP contribution in [0.15, 0.2) is 30.3 Å². The molecule has 1 aromatic heterocycles. The third-order valence-electron chi connectivity index (χ3n) is 3.24. The highest BCUT2D eigenvalue weighted by atomic mass is 32.1. The first-order valence-electron chi connectivity index (χ1n) is 6.74. The van der Waals surface area contributed by atoms with Gasteiger partial charge in [0.15, 0.2) is 0 Å². The smallest absolute Gasteiger partial charge is 0.126 e. The van der Waals surface area contributed by atoms with Crippen LogP contribution >= 0.6 is 12.2 Å². The second-order valence-electron chi connectivity index (χ2n) is 4.90. The van der Waals surface area contributed by atoms with Crippen LogP contribution in [0.25, 0.3) is 0 Å². The van der Waals surface area contributed by atoms with Crippen LogP contribution < -0.4 is 11.1 Å². The van der Waals surface area contributed by atoms with E-state index in [4.69, 9.17) is 18.0 Å². The Labute approximate surface area is 129 Å². The van der Waals surface area contributed by atoms with Gasteiger partial charge in [0.25, 0.3) is 0 Å². The fourth-order valence-electron chi connectivity index (χ4n) is 2.31. The summed E-state index contributed by atoms with van der Waals surface area (Å²) in [4.78, 5) is 4.68. The molecule has 0 unspecified atom stereocenters. The third kappa shape index (κ3) is 3.76. The minimum atomic E-state index is -0.184. The molecule has 0 radical (unpaired) electrons. The maximum atomic E-state index is 13.6. The lowest BCUT2D eigenvalue weighted by Gasteiger charge is -2.14. The summed E-state index contributed by atoms with van der Waals surface area (Å²) in [6, 6.07) is 8.68. The van der Waals surface area contributed by atoms with Crippen LogP contribution in [-0.2, 0) is 6.42 Å². The van der Waals surface area contributed by atoms with Crippen molar-refractivity contribution >= 4 is 22.9 Å². The van der Waals surface area contributed by atoms with Crippen molar-refractivity contribution in [1.29, 1.82) is 0 Å². The fraction of sp³-hybridized carbons (Fsp3) is 0.250. The van der Waals surface area contributed by atoms with E-state index in [0.717, 1.165) is 22.6 Å². The SMILES string of the molecule is Cc1cc(NCCc2ccccc2F)c(C(N)=S)c(C)n1. The molecule has 0 fully saturated rings. The van der Waals surface area contributed by atoms with E-state index in [1.54, 1.807) is 12.1 Å². The molecule has 0 saturated heterocycles. The van der Waals surface area contributed by atoms with Gasteiger partial charge in [-0.3, -0.25) is 4.98 Å². The summed E-state index contributed by atoms with van der Waals surface area (Å²) in [5.74, 6) is -0.184. The zero-order valence-corrected chi connectivity index (χ0v) is 12.9. The minimum Gasteiger partial charge on any atom is -0.389 e. The molecule has 0 atom stereocenters. The van der Waals surface area contributed by atoms with Crippen molar-refractivity contribution < 1.29 is 4.39 Å². The van der Waals surface area contributed by atoms with Crippen LogP contribution in [0.5, 0.6) is 0 Å². The van der Waals surface area contributed by atoms with Crippen molar-refractivity contribution in [3.05, 3.63) is 58.7 Å². The summed E-state index contributed by atoms with van der Waals surface area (Å²) >= 11 is 5.08. The largest absolute Gasteiger partial charge is 0.389 e. The number of pyridine rings is 1. The zero-order chi connectivity index (χ0) is 15.4. The normalized spacial score (nSPS) is 10.4. The highest BCUT2D eigenvalue weighted by molar-refractivity contribution is 7.80. The van der Waals surface area contributed by atoms with Gasteiger partial charge in [-0.1, -0.05) is 30.4 Å². The average molecular weight is 303 g/mol. The number of benzene rings is 1. The van der Waals surface area contributed by atoms with Crippen molar-refractivity contribution in [3.63, 3.8) is 0 Å². The lowest BCUT2D eigenvalue weighted by atomic mass is 10.1. The van der Waals surface area contributed by atoms with Crippen molar-refractivity contribution in [2.24, 2.45) is 5.73 Å². The number of anilines is 1. The first-order valence-corrected chi connectivity index (χ1v) is 7.15. The summed E-state index contributed by atoms with van der Waals surface area (Å²) < 4.78 is 13.6. The predicted octanol–water partition coefficient (Wildman–Crippen LogP) is 3.13. The minimum absolute atomic E-state index is 0.184. The lowest BCUT2D eigenvalue weighted by molar-refractivity contribution is 0.610. The summed E-state index contributed by atoms with van der Waals surface area (Å²) in [6.45, 7) is 4.39. The molecule has 5 heteroatoms. The Bertz CT molecular complexity index is 671. The molecular formula is C16H18FN3S. The summed E-state index contributed by atoms with van der Waals surface area (Å²) in [5.41, 5.74) is 9.74. The number of aromatic nitrogens is 1. The molecule has 0 saturated carbocycles. The molecular weight excluding hydrogens is 285 g/mol. The van der Waals surface area contributed by atoms with Gasteiger partial charge in [0.1, 0.15) is 10.8 Å². The molecule has 3 N–H and O–H groups in total. The Morgan fingerprint density at radius 3 is 2.71 bits per heavy atom. The Kier molecular flexibility index (Phi) is 4.85. The molecule has 0 aliphatic rings. The molecule has 0 bridgehead atoms. The molecule has 1 aromatic carbocycles. The second-order valence-corrected chi connectivity index (χ2v) is 5.34.